The number of anilines is 1. The second kappa shape index (κ2) is 5.50. The predicted molar refractivity (Wildman–Crippen MR) is 91.6 cm³/mol. The van der Waals surface area contributed by atoms with Crippen LogP contribution in [0.25, 0.3) is 0 Å². The fourth-order valence-corrected chi connectivity index (χ4v) is 4.52. The van der Waals surface area contributed by atoms with Crippen LogP contribution in [-0.4, -0.2) is 41.5 Å². The van der Waals surface area contributed by atoms with Gasteiger partial charge in [0, 0.05) is 54.6 Å². The predicted octanol–water partition coefficient (Wildman–Crippen LogP) is 3.07. The fraction of sp³-hybridized carbons (Fsp3) is 0.684. The van der Waals surface area contributed by atoms with Crippen LogP contribution in [0, 0.1) is 19.3 Å². The number of piperidine rings is 2. The van der Waals surface area contributed by atoms with Gasteiger partial charge in [0.15, 0.2) is 0 Å². The molecule has 1 aromatic heterocycles. The zero-order valence-corrected chi connectivity index (χ0v) is 14.3. The van der Waals surface area contributed by atoms with Crippen molar-refractivity contribution in [2.24, 2.45) is 5.41 Å². The lowest BCUT2D eigenvalue weighted by Gasteiger charge is -2.49. The summed E-state index contributed by atoms with van der Waals surface area (Å²) in [6, 6.07) is 4.97. The van der Waals surface area contributed by atoms with Gasteiger partial charge in [-0.05, 0) is 58.1 Å². The van der Waals surface area contributed by atoms with Crippen LogP contribution in [0.15, 0.2) is 12.1 Å². The van der Waals surface area contributed by atoms with E-state index in [4.69, 9.17) is 0 Å². The van der Waals surface area contributed by atoms with Gasteiger partial charge in [-0.1, -0.05) is 0 Å². The standard InChI is InChI=1S/C19H27N3O/c1-14-10-17(11-15(2)20-14)21-9-3-7-19(12-21)8-6-18(23)22(13-19)16-4-5-16/h10-11,16H,3-9,12-13H2,1-2H3/t19-/m0/s1. The first-order valence-electron chi connectivity index (χ1n) is 9.04. The van der Waals surface area contributed by atoms with Crippen LogP contribution in [0.1, 0.15) is 49.9 Å². The monoisotopic (exact) mass is 313 g/mol. The van der Waals surface area contributed by atoms with Crippen LogP contribution in [0.4, 0.5) is 5.69 Å². The third-order valence-corrected chi connectivity index (χ3v) is 5.78. The first kappa shape index (κ1) is 15.0. The van der Waals surface area contributed by atoms with Crippen molar-refractivity contribution in [1.82, 2.24) is 9.88 Å². The lowest BCUT2D eigenvalue weighted by Crippen LogP contribution is -2.54. The zero-order chi connectivity index (χ0) is 16.0. The molecule has 0 aromatic carbocycles. The maximum Gasteiger partial charge on any atom is 0.222 e. The summed E-state index contributed by atoms with van der Waals surface area (Å²) in [5.41, 5.74) is 3.81. The van der Waals surface area contributed by atoms with Gasteiger partial charge in [0.1, 0.15) is 0 Å². The molecule has 1 aliphatic carbocycles. The molecule has 124 valence electrons. The highest BCUT2D eigenvalue weighted by molar-refractivity contribution is 5.78. The molecule has 2 saturated heterocycles. The average molecular weight is 313 g/mol. The molecule has 0 unspecified atom stereocenters. The Balaban J connectivity index is 1.55. The molecule has 3 fully saturated rings. The molecule has 0 radical (unpaired) electrons. The number of nitrogens with zero attached hydrogens (tertiary/aromatic N) is 3. The molecule has 3 heterocycles. The van der Waals surface area contributed by atoms with Crippen molar-refractivity contribution in [3.8, 4) is 0 Å². The van der Waals surface area contributed by atoms with Crippen LogP contribution in [0.3, 0.4) is 0 Å². The Labute approximate surface area is 138 Å². The number of aromatic nitrogens is 1. The summed E-state index contributed by atoms with van der Waals surface area (Å²) in [5, 5.41) is 0. The van der Waals surface area contributed by atoms with E-state index in [9.17, 15) is 4.79 Å². The first-order valence-corrected chi connectivity index (χ1v) is 9.04. The van der Waals surface area contributed by atoms with Gasteiger partial charge in [-0.15, -0.1) is 0 Å². The summed E-state index contributed by atoms with van der Waals surface area (Å²) in [6.45, 7) is 7.35. The Hall–Kier alpha value is -1.58. The van der Waals surface area contributed by atoms with Gasteiger partial charge in [-0.25, -0.2) is 0 Å². The number of amides is 1. The number of hydrogen-bond donors (Lipinski definition) is 0. The molecule has 4 heteroatoms. The van der Waals surface area contributed by atoms with Crippen molar-refractivity contribution in [3.63, 3.8) is 0 Å². The van der Waals surface area contributed by atoms with E-state index in [-0.39, 0.29) is 0 Å². The zero-order valence-electron chi connectivity index (χ0n) is 14.3. The van der Waals surface area contributed by atoms with E-state index in [2.05, 4.69) is 40.8 Å². The summed E-state index contributed by atoms with van der Waals surface area (Å²) in [7, 11) is 0. The van der Waals surface area contributed by atoms with E-state index >= 15 is 0 Å². The normalized spacial score (nSPS) is 28.5. The van der Waals surface area contributed by atoms with Crippen LogP contribution in [-0.2, 0) is 4.79 Å². The Morgan fingerprint density at radius 1 is 1.13 bits per heavy atom. The summed E-state index contributed by atoms with van der Waals surface area (Å²) in [6.07, 6.45) is 6.74. The number of aryl methyl sites for hydroxylation is 2. The quantitative estimate of drug-likeness (QED) is 0.842. The van der Waals surface area contributed by atoms with Gasteiger partial charge in [0.05, 0.1) is 0 Å². The average Bonchev–Trinajstić information content (AvgIpc) is 3.34. The number of hydrogen-bond acceptors (Lipinski definition) is 3. The number of carbonyl (C=O) groups is 1. The molecular formula is C19H27N3O. The van der Waals surface area contributed by atoms with Gasteiger partial charge in [0.2, 0.25) is 5.91 Å². The molecule has 1 saturated carbocycles. The maximum absolute atomic E-state index is 12.2. The Morgan fingerprint density at radius 3 is 2.57 bits per heavy atom. The lowest BCUT2D eigenvalue weighted by molar-refractivity contribution is -0.138. The van der Waals surface area contributed by atoms with E-state index in [0.717, 1.165) is 43.9 Å². The van der Waals surface area contributed by atoms with Crippen molar-refractivity contribution < 1.29 is 4.79 Å². The third-order valence-electron chi connectivity index (χ3n) is 5.78. The fourth-order valence-electron chi connectivity index (χ4n) is 4.52. The summed E-state index contributed by atoms with van der Waals surface area (Å²) < 4.78 is 0. The smallest absolute Gasteiger partial charge is 0.222 e. The molecule has 4 rings (SSSR count). The molecule has 2 aliphatic heterocycles. The van der Waals surface area contributed by atoms with Crippen molar-refractivity contribution >= 4 is 11.6 Å². The van der Waals surface area contributed by atoms with Gasteiger partial charge in [0.25, 0.3) is 0 Å². The van der Waals surface area contributed by atoms with Crippen LogP contribution >= 0.6 is 0 Å². The van der Waals surface area contributed by atoms with E-state index in [1.165, 1.54) is 31.4 Å². The third kappa shape index (κ3) is 2.96. The largest absolute Gasteiger partial charge is 0.371 e. The second-order valence-electron chi connectivity index (χ2n) is 7.89. The van der Waals surface area contributed by atoms with Crippen molar-refractivity contribution in [2.75, 3.05) is 24.5 Å². The molecule has 4 nitrogen and oxygen atoms in total. The molecule has 3 aliphatic rings. The Bertz CT molecular complexity index is 605. The highest BCUT2D eigenvalue weighted by Crippen LogP contribution is 2.43. The molecule has 23 heavy (non-hydrogen) atoms. The number of carbonyl (C=O) groups excluding carboxylic acids is 1. The number of rotatable bonds is 2. The van der Waals surface area contributed by atoms with E-state index in [1.807, 2.05) is 0 Å². The molecular weight excluding hydrogens is 286 g/mol. The Morgan fingerprint density at radius 2 is 1.87 bits per heavy atom. The van der Waals surface area contributed by atoms with Gasteiger partial charge in [-0.2, -0.15) is 0 Å². The summed E-state index contributed by atoms with van der Waals surface area (Å²) in [4.78, 5) is 21.5. The SMILES string of the molecule is Cc1cc(N2CCC[C@]3(CCC(=O)N(C4CC4)C3)C2)cc(C)n1. The molecule has 1 amide bonds. The van der Waals surface area contributed by atoms with Crippen LogP contribution < -0.4 is 4.90 Å². The van der Waals surface area contributed by atoms with Crippen LogP contribution in [0.2, 0.25) is 0 Å². The highest BCUT2D eigenvalue weighted by atomic mass is 16.2. The van der Waals surface area contributed by atoms with E-state index in [0.29, 0.717) is 17.4 Å². The molecule has 1 atom stereocenters. The summed E-state index contributed by atoms with van der Waals surface area (Å²) in [5.74, 6) is 0.394. The molecule has 1 aromatic rings. The first-order chi connectivity index (χ1) is 11.0. The van der Waals surface area contributed by atoms with Gasteiger partial charge >= 0.3 is 0 Å². The number of pyridine rings is 1. The van der Waals surface area contributed by atoms with E-state index in [1.54, 1.807) is 0 Å². The van der Waals surface area contributed by atoms with Crippen molar-refractivity contribution in [3.05, 3.63) is 23.5 Å². The second-order valence-corrected chi connectivity index (χ2v) is 7.89. The van der Waals surface area contributed by atoms with Gasteiger partial charge in [-0.3, -0.25) is 9.78 Å². The maximum atomic E-state index is 12.2. The van der Waals surface area contributed by atoms with Gasteiger partial charge < -0.3 is 9.80 Å². The van der Waals surface area contributed by atoms with Crippen LogP contribution in [0.5, 0.6) is 0 Å². The molecule has 1 spiro atoms. The summed E-state index contributed by atoms with van der Waals surface area (Å²) >= 11 is 0. The molecule has 0 bridgehead atoms. The minimum Gasteiger partial charge on any atom is -0.371 e. The van der Waals surface area contributed by atoms with Crippen molar-refractivity contribution in [1.29, 1.82) is 0 Å². The Kier molecular flexibility index (Phi) is 3.58. The molecule has 0 N–H and O–H groups in total. The minimum absolute atomic E-state index is 0.305. The van der Waals surface area contributed by atoms with Crippen molar-refractivity contribution in [2.45, 2.75) is 58.4 Å². The minimum atomic E-state index is 0.305. The highest BCUT2D eigenvalue weighted by Gasteiger charge is 2.45. The number of likely N-dealkylation sites (tertiary alicyclic amines) is 1. The topological polar surface area (TPSA) is 36.4 Å². The van der Waals surface area contributed by atoms with E-state index < -0.39 is 0 Å². The lowest BCUT2D eigenvalue weighted by atomic mass is 9.73.